The lowest BCUT2D eigenvalue weighted by Gasteiger charge is -2.28. The zero-order valence-corrected chi connectivity index (χ0v) is 23.1. The molecule has 1 fully saturated rings. The number of alkyl halides is 1. The number of nitrogen functional groups attached to an aromatic ring is 1. The molecule has 3 atom stereocenters. The van der Waals surface area contributed by atoms with Crippen molar-refractivity contribution in [3.05, 3.63) is 126 Å². The predicted octanol–water partition coefficient (Wildman–Crippen LogP) is 6.00. The second-order valence-corrected chi connectivity index (χ2v) is 10.4. The molecule has 42 heavy (non-hydrogen) atoms. The van der Waals surface area contributed by atoms with Gasteiger partial charge >= 0.3 is 0 Å². The van der Waals surface area contributed by atoms with Crippen LogP contribution in [-0.4, -0.2) is 37.9 Å². The first-order chi connectivity index (χ1) is 20.5. The van der Waals surface area contributed by atoms with Crippen LogP contribution >= 0.6 is 0 Å². The molecule has 0 spiro atoms. The van der Waals surface area contributed by atoms with Gasteiger partial charge in [0.25, 0.3) is 0 Å². The quantitative estimate of drug-likeness (QED) is 0.196. The Morgan fingerprint density at radius 2 is 1.45 bits per heavy atom. The first-order valence-corrected chi connectivity index (χ1v) is 13.8. The van der Waals surface area contributed by atoms with Crippen LogP contribution in [0.4, 0.5) is 10.3 Å². The van der Waals surface area contributed by atoms with Crippen molar-refractivity contribution in [3.63, 3.8) is 0 Å². The van der Waals surface area contributed by atoms with E-state index in [2.05, 4.69) is 21.5 Å². The number of fused-ring (bicyclic) bond motifs is 1. The van der Waals surface area contributed by atoms with Gasteiger partial charge in [-0.25, -0.2) is 9.37 Å². The summed E-state index contributed by atoms with van der Waals surface area (Å²) in [5, 5.41) is 0. The van der Waals surface area contributed by atoms with Gasteiger partial charge in [-0.05, 0) is 22.3 Å². The summed E-state index contributed by atoms with van der Waals surface area (Å²) in [5.41, 5.74) is 8.22. The van der Waals surface area contributed by atoms with Crippen molar-refractivity contribution in [1.82, 2.24) is 19.5 Å². The van der Waals surface area contributed by atoms with Crippen molar-refractivity contribution < 1.29 is 18.6 Å². The highest BCUT2D eigenvalue weighted by Crippen LogP contribution is 2.48. The van der Waals surface area contributed by atoms with E-state index in [0.717, 1.165) is 16.7 Å². The zero-order chi connectivity index (χ0) is 28.9. The maximum atomic E-state index is 17.0. The highest BCUT2D eigenvalue weighted by atomic mass is 19.1. The van der Waals surface area contributed by atoms with Crippen LogP contribution in [0, 0.1) is 0 Å². The molecule has 1 aliphatic rings. The summed E-state index contributed by atoms with van der Waals surface area (Å²) in [5.74, 6) is 0.295. The van der Waals surface area contributed by atoms with Crippen molar-refractivity contribution in [2.24, 2.45) is 0 Å². The molecule has 0 amide bonds. The van der Waals surface area contributed by atoms with Crippen LogP contribution in [0.15, 0.2) is 109 Å². The number of halogens is 1. The highest BCUT2D eigenvalue weighted by Gasteiger charge is 2.53. The molecule has 0 bridgehead atoms. The number of aromatic nitrogens is 4. The van der Waals surface area contributed by atoms with Gasteiger partial charge in [0.1, 0.15) is 12.7 Å². The van der Waals surface area contributed by atoms with E-state index in [9.17, 15) is 0 Å². The Morgan fingerprint density at radius 1 is 0.857 bits per heavy atom. The fraction of sp³-hybridized carbons (Fsp3) is 0.242. The van der Waals surface area contributed by atoms with Crippen LogP contribution in [0.1, 0.15) is 29.2 Å². The molecule has 9 heteroatoms. The van der Waals surface area contributed by atoms with Crippen LogP contribution in [0.2, 0.25) is 0 Å². The fourth-order valence-corrected chi connectivity index (χ4v) is 5.31. The third-order valence-electron chi connectivity index (χ3n) is 7.56. The van der Waals surface area contributed by atoms with E-state index in [-0.39, 0.29) is 38.3 Å². The molecule has 2 heterocycles. The molecule has 1 unspecified atom stereocenters. The summed E-state index contributed by atoms with van der Waals surface area (Å²) < 4.78 is 36.9. The molecule has 5 aromatic rings. The predicted molar refractivity (Wildman–Crippen MR) is 158 cm³/mol. The van der Waals surface area contributed by atoms with Gasteiger partial charge in [-0.3, -0.25) is 0 Å². The Kier molecular flexibility index (Phi) is 7.94. The fourth-order valence-electron chi connectivity index (χ4n) is 5.31. The SMILES string of the molecule is C=C1C(n2cnc3c(OCc4ccccc4)nc(N)nc32)C[C@H](OCc2ccccc2)[C@]1(F)COCc1ccccc1. The summed E-state index contributed by atoms with van der Waals surface area (Å²) in [6, 6.07) is 28.6. The van der Waals surface area contributed by atoms with Gasteiger partial charge in [0.15, 0.2) is 16.8 Å². The number of anilines is 1. The molecule has 1 aliphatic carbocycles. The number of hydrogen-bond acceptors (Lipinski definition) is 7. The van der Waals surface area contributed by atoms with Gasteiger partial charge in [0.2, 0.25) is 11.8 Å². The van der Waals surface area contributed by atoms with Gasteiger partial charge < -0.3 is 24.5 Å². The smallest absolute Gasteiger partial charge is 0.247 e. The standard InChI is InChI=1S/C33H32FN5O3/c1-23-27(39-22-36-29-30(39)37-32(35)38-31(29)42-20-26-15-9-4-10-16-26)17-28(41-19-25-13-7-3-8-14-25)33(23,34)21-40-18-24-11-5-2-6-12-24/h2-16,22,27-28H,1,17-21H2,(H2,35,37,38)/t27?,28-,33-/m0/s1. The average molecular weight is 566 g/mol. The molecule has 0 aliphatic heterocycles. The molecule has 1 saturated carbocycles. The molecular formula is C33H32FN5O3. The third-order valence-corrected chi connectivity index (χ3v) is 7.56. The molecule has 6 rings (SSSR count). The summed E-state index contributed by atoms with van der Waals surface area (Å²) >= 11 is 0. The van der Waals surface area contributed by atoms with Gasteiger partial charge in [-0.15, -0.1) is 0 Å². The largest absolute Gasteiger partial charge is 0.471 e. The van der Waals surface area contributed by atoms with Crippen LogP contribution < -0.4 is 10.5 Å². The molecule has 2 aromatic heterocycles. The Hall–Kier alpha value is -4.60. The van der Waals surface area contributed by atoms with Gasteiger partial charge in [-0.1, -0.05) is 97.6 Å². The van der Waals surface area contributed by atoms with E-state index in [1.54, 1.807) is 10.9 Å². The first kappa shape index (κ1) is 27.6. The maximum absolute atomic E-state index is 17.0. The molecule has 0 radical (unpaired) electrons. The average Bonchev–Trinajstić information content (AvgIpc) is 3.54. The third kappa shape index (κ3) is 5.74. The van der Waals surface area contributed by atoms with Crippen LogP contribution in [-0.2, 0) is 29.3 Å². The Morgan fingerprint density at radius 3 is 2.10 bits per heavy atom. The molecule has 0 saturated heterocycles. The topological polar surface area (TPSA) is 97.3 Å². The number of nitrogens with zero attached hydrogens (tertiary/aromatic N) is 4. The lowest BCUT2D eigenvalue weighted by atomic mass is 9.98. The van der Waals surface area contributed by atoms with Gasteiger partial charge in [0.05, 0.1) is 32.2 Å². The Bertz CT molecular complexity index is 1650. The van der Waals surface area contributed by atoms with Crippen molar-refractivity contribution in [2.75, 3.05) is 12.3 Å². The molecule has 214 valence electrons. The monoisotopic (exact) mass is 565 g/mol. The molecule has 8 nitrogen and oxygen atoms in total. The van der Waals surface area contributed by atoms with Gasteiger partial charge in [0, 0.05) is 6.42 Å². The van der Waals surface area contributed by atoms with Crippen molar-refractivity contribution in [3.8, 4) is 5.88 Å². The normalized spacial score (nSPS) is 20.3. The number of benzene rings is 3. The van der Waals surface area contributed by atoms with Crippen LogP contribution in [0.5, 0.6) is 5.88 Å². The minimum atomic E-state index is -1.95. The summed E-state index contributed by atoms with van der Waals surface area (Å²) in [6.45, 7) is 4.83. The summed E-state index contributed by atoms with van der Waals surface area (Å²) in [6.07, 6.45) is 1.11. The van der Waals surface area contributed by atoms with Crippen molar-refractivity contribution in [2.45, 2.75) is 44.1 Å². The number of nitrogens with two attached hydrogens (primary N) is 1. The number of ether oxygens (including phenoxy) is 3. The number of hydrogen-bond donors (Lipinski definition) is 1. The Labute approximate surface area is 243 Å². The molecule has 3 aromatic carbocycles. The molecule has 2 N–H and O–H groups in total. The van der Waals surface area contributed by atoms with Crippen LogP contribution in [0.3, 0.4) is 0 Å². The minimum absolute atomic E-state index is 0.0329. The van der Waals surface area contributed by atoms with Crippen LogP contribution in [0.25, 0.3) is 11.2 Å². The lowest BCUT2D eigenvalue weighted by molar-refractivity contribution is -0.0763. The van der Waals surface area contributed by atoms with E-state index >= 15 is 4.39 Å². The maximum Gasteiger partial charge on any atom is 0.247 e. The van der Waals surface area contributed by atoms with E-state index in [4.69, 9.17) is 19.9 Å². The lowest BCUT2D eigenvalue weighted by Crippen LogP contribution is -2.40. The zero-order valence-electron chi connectivity index (χ0n) is 23.1. The molecular weight excluding hydrogens is 533 g/mol. The van der Waals surface area contributed by atoms with Crippen molar-refractivity contribution >= 4 is 17.1 Å². The number of imidazole rings is 1. The minimum Gasteiger partial charge on any atom is -0.471 e. The number of rotatable bonds is 11. The van der Waals surface area contributed by atoms with E-state index in [0.29, 0.717) is 23.2 Å². The van der Waals surface area contributed by atoms with Gasteiger partial charge in [-0.2, -0.15) is 9.97 Å². The van der Waals surface area contributed by atoms with E-state index in [1.807, 2.05) is 91.0 Å². The first-order valence-electron chi connectivity index (χ1n) is 13.8. The second kappa shape index (κ2) is 12.1. The van der Waals surface area contributed by atoms with E-state index in [1.165, 1.54) is 0 Å². The van der Waals surface area contributed by atoms with E-state index < -0.39 is 17.8 Å². The second-order valence-electron chi connectivity index (χ2n) is 10.4. The summed E-state index contributed by atoms with van der Waals surface area (Å²) in [7, 11) is 0. The Balaban J connectivity index is 1.27. The summed E-state index contributed by atoms with van der Waals surface area (Å²) in [4.78, 5) is 13.3. The highest BCUT2D eigenvalue weighted by molar-refractivity contribution is 5.78. The van der Waals surface area contributed by atoms with Crippen molar-refractivity contribution in [1.29, 1.82) is 0 Å².